The molecule has 1 heterocycles. The summed E-state index contributed by atoms with van der Waals surface area (Å²) in [6.45, 7) is 4.16. The van der Waals surface area contributed by atoms with Crippen LogP contribution < -0.4 is 5.73 Å². The SMILES string of the molecule is CCC1=Cc2c(cnn2-c2ccc(F)cc2)CC1(C)[C@@H](O)C#Cc1ccccc1C1(N)CC1. The molecule has 168 valence electrons. The molecule has 33 heavy (non-hydrogen) atoms. The van der Waals surface area contributed by atoms with E-state index in [1.54, 1.807) is 12.1 Å². The van der Waals surface area contributed by atoms with Crippen molar-refractivity contribution in [3.05, 3.63) is 88.5 Å². The molecule has 1 unspecified atom stereocenters. The molecule has 2 aliphatic carbocycles. The Bertz CT molecular complexity index is 1290. The number of hydrogen-bond donors (Lipinski definition) is 2. The number of aromatic nitrogens is 2. The minimum absolute atomic E-state index is 0.275. The molecule has 5 rings (SSSR count). The number of fused-ring (bicyclic) bond motifs is 1. The molecular formula is C28H28FN3O. The Labute approximate surface area is 193 Å². The molecule has 3 N–H and O–H groups in total. The van der Waals surface area contributed by atoms with Gasteiger partial charge in [0.2, 0.25) is 0 Å². The predicted molar refractivity (Wildman–Crippen MR) is 128 cm³/mol. The molecule has 5 heteroatoms. The van der Waals surface area contributed by atoms with E-state index in [0.29, 0.717) is 6.42 Å². The second kappa shape index (κ2) is 7.98. The van der Waals surface area contributed by atoms with Crippen LogP contribution in [0.3, 0.4) is 0 Å². The summed E-state index contributed by atoms with van der Waals surface area (Å²) in [5, 5.41) is 15.8. The molecule has 1 saturated carbocycles. The van der Waals surface area contributed by atoms with Gasteiger partial charge in [0, 0.05) is 16.5 Å². The first kappa shape index (κ1) is 21.6. The van der Waals surface area contributed by atoms with Gasteiger partial charge in [0.05, 0.1) is 17.6 Å². The first-order valence-electron chi connectivity index (χ1n) is 11.5. The number of aliphatic hydroxyl groups is 1. The third kappa shape index (κ3) is 3.80. The summed E-state index contributed by atoms with van der Waals surface area (Å²) in [5.74, 6) is 6.08. The minimum atomic E-state index is -0.841. The summed E-state index contributed by atoms with van der Waals surface area (Å²) in [5.41, 5.74) is 11.5. The molecule has 1 aromatic heterocycles. The number of nitrogens with zero attached hydrogens (tertiary/aromatic N) is 2. The molecule has 4 nitrogen and oxygen atoms in total. The first-order valence-corrected chi connectivity index (χ1v) is 11.5. The Balaban J connectivity index is 1.47. The van der Waals surface area contributed by atoms with Crippen LogP contribution in [0.4, 0.5) is 4.39 Å². The Morgan fingerprint density at radius 2 is 1.91 bits per heavy atom. The molecule has 3 aromatic rings. The second-order valence-electron chi connectivity index (χ2n) is 9.43. The fourth-order valence-corrected chi connectivity index (χ4v) is 4.82. The second-order valence-corrected chi connectivity index (χ2v) is 9.43. The van der Waals surface area contributed by atoms with E-state index in [9.17, 15) is 9.50 Å². The van der Waals surface area contributed by atoms with E-state index in [-0.39, 0.29) is 11.4 Å². The van der Waals surface area contributed by atoms with E-state index in [1.807, 2.05) is 35.1 Å². The van der Waals surface area contributed by atoms with E-state index in [0.717, 1.165) is 52.9 Å². The standard InChI is InChI=1S/C28H28FN3O/c1-3-21-16-25-20(18-31-32(25)23-11-9-22(29)10-12-23)17-27(21,2)26(33)13-8-19-6-4-5-7-24(19)28(30)14-15-28/h4-7,9-12,16,18,26,33H,3,14-15,17,30H2,1-2H3/t26-,27?/m0/s1. The number of hydrogen-bond acceptors (Lipinski definition) is 3. The zero-order chi connectivity index (χ0) is 23.2. The molecule has 0 spiro atoms. The maximum Gasteiger partial charge on any atom is 0.124 e. The van der Waals surface area contributed by atoms with Gasteiger partial charge >= 0.3 is 0 Å². The minimum Gasteiger partial charge on any atom is -0.379 e. The largest absolute Gasteiger partial charge is 0.379 e. The Morgan fingerprint density at radius 3 is 2.61 bits per heavy atom. The van der Waals surface area contributed by atoms with Gasteiger partial charge < -0.3 is 10.8 Å². The van der Waals surface area contributed by atoms with Crippen molar-refractivity contribution in [2.75, 3.05) is 0 Å². The highest BCUT2D eigenvalue weighted by Gasteiger charge is 2.42. The Kier molecular flexibility index (Phi) is 5.23. The number of nitrogens with two attached hydrogens (primary N) is 1. The molecule has 0 amide bonds. The zero-order valence-electron chi connectivity index (χ0n) is 19.0. The van der Waals surface area contributed by atoms with E-state index in [4.69, 9.17) is 5.73 Å². The molecule has 0 aliphatic heterocycles. The van der Waals surface area contributed by atoms with Crippen LogP contribution in [-0.4, -0.2) is 21.0 Å². The normalized spacial score (nSPS) is 21.4. The lowest BCUT2D eigenvalue weighted by atomic mass is 9.68. The van der Waals surface area contributed by atoms with Crippen molar-refractivity contribution in [2.24, 2.45) is 11.1 Å². The van der Waals surface area contributed by atoms with E-state index in [2.05, 4.69) is 36.9 Å². The lowest BCUT2D eigenvalue weighted by Gasteiger charge is -2.37. The third-order valence-corrected chi connectivity index (χ3v) is 7.14. The van der Waals surface area contributed by atoms with Gasteiger partial charge in [0.15, 0.2) is 0 Å². The first-order chi connectivity index (χ1) is 15.8. The van der Waals surface area contributed by atoms with Crippen molar-refractivity contribution < 1.29 is 9.50 Å². The van der Waals surface area contributed by atoms with E-state index >= 15 is 0 Å². The molecule has 2 aliphatic rings. The zero-order valence-corrected chi connectivity index (χ0v) is 19.0. The molecule has 2 atom stereocenters. The van der Waals surface area contributed by atoms with Gasteiger partial charge in [-0.15, -0.1) is 0 Å². The Morgan fingerprint density at radius 1 is 1.18 bits per heavy atom. The molecule has 0 bridgehead atoms. The monoisotopic (exact) mass is 441 g/mol. The van der Waals surface area contributed by atoms with E-state index < -0.39 is 11.5 Å². The summed E-state index contributed by atoms with van der Waals surface area (Å²) >= 11 is 0. The number of rotatable bonds is 4. The van der Waals surface area contributed by atoms with Crippen LogP contribution in [0, 0.1) is 23.1 Å². The van der Waals surface area contributed by atoms with Crippen LogP contribution in [0.15, 0.2) is 60.3 Å². The predicted octanol–water partition coefficient (Wildman–Crippen LogP) is 4.73. The van der Waals surface area contributed by atoms with Gasteiger partial charge in [-0.05, 0) is 73.2 Å². The van der Waals surface area contributed by atoms with Crippen LogP contribution in [-0.2, 0) is 12.0 Å². The smallest absolute Gasteiger partial charge is 0.124 e. The highest BCUT2D eigenvalue weighted by molar-refractivity contribution is 5.61. The van der Waals surface area contributed by atoms with Crippen molar-refractivity contribution in [3.8, 4) is 17.5 Å². The van der Waals surface area contributed by atoms with E-state index in [1.165, 1.54) is 12.1 Å². The lowest BCUT2D eigenvalue weighted by Crippen LogP contribution is -2.37. The van der Waals surface area contributed by atoms with Gasteiger partial charge in [-0.3, -0.25) is 0 Å². The van der Waals surface area contributed by atoms with Gasteiger partial charge in [-0.1, -0.05) is 49.5 Å². The van der Waals surface area contributed by atoms with Crippen LogP contribution in [0.1, 0.15) is 55.5 Å². The average Bonchev–Trinajstić information content (AvgIpc) is 3.45. The fourth-order valence-electron chi connectivity index (χ4n) is 4.82. The molecule has 2 aromatic carbocycles. The van der Waals surface area contributed by atoms with Crippen molar-refractivity contribution in [1.29, 1.82) is 0 Å². The highest BCUT2D eigenvalue weighted by Crippen LogP contribution is 2.45. The van der Waals surface area contributed by atoms with Crippen molar-refractivity contribution in [2.45, 2.75) is 51.2 Å². The summed E-state index contributed by atoms with van der Waals surface area (Å²) < 4.78 is 15.2. The highest BCUT2D eigenvalue weighted by atomic mass is 19.1. The topological polar surface area (TPSA) is 64.1 Å². The van der Waals surface area contributed by atoms with Crippen molar-refractivity contribution in [3.63, 3.8) is 0 Å². The molecule has 0 radical (unpaired) electrons. The average molecular weight is 442 g/mol. The maximum atomic E-state index is 13.4. The quantitative estimate of drug-likeness (QED) is 0.576. The van der Waals surface area contributed by atoms with Crippen LogP contribution in [0.2, 0.25) is 0 Å². The molecule has 1 fully saturated rings. The summed E-state index contributed by atoms with van der Waals surface area (Å²) in [6.07, 6.45) is 6.44. The summed E-state index contributed by atoms with van der Waals surface area (Å²) in [7, 11) is 0. The van der Waals surface area contributed by atoms with Crippen LogP contribution in [0.5, 0.6) is 0 Å². The number of halogens is 1. The molecular weight excluding hydrogens is 413 g/mol. The summed E-state index contributed by atoms with van der Waals surface area (Å²) in [6, 6.07) is 14.3. The van der Waals surface area contributed by atoms with Crippen LogP contribution >= 0.6 is 0 Å². The fraction of sp³-hybridized carbons (Fsp3) is 0.321. The Hall–Kier alpha value is -3.20. The lowest BCUT2D eigenvalue weighted by molar-refractivity contribution is 0.109. The van der Waals surface area contributed by atoms with Crippen molar-refractivity contribution in [1.82, 2.24) is 9.78 Å². The number of benzene rings is 2. The number of aliphatic hydroxyl groups excluding tert-OH is 1. The summed E-state index contributed by atoms with van der Waals surface area (Å²) in [4.78, 5) is 0. The van der Waals surface area contributed by atoms with Gasteiger partial charge in [0.1, 0.15) is 11.9 Å². The van der Waals surface area contributed by atoms with Gasteiger partial charge in [-0.2, -0.15) is 5.10 Å². The van der Waals surface area contributed by atoms with Gasteiger partial charge in [-0.25, -0.2) is 9.07 Å². The molecule has 0 saturated heterocycles. The van der Waals surface area contributed by atoms with Crippen LogP contribution in [0.25, 0.3) is 11.8 Å². The third-order valence-electron chi connectivity index (χ3n) is 7.14. The van der Waals surface area contributed by atoms with Crippen molar-refractivity contribution >= 4 is 6.08 Å². The van der Waals surface area contributed by atoms with Gasteiger partial charge in [0.25, 0.3) is 0 Å². The maximum absolute atomic E-state index is 13.4.